The summed E-state index contributed by atoms with van der Waals surface area (Å²) in [4.78, 5) is 19.3. The molecule has 1 aliphatic rings. The quantitative estimate of drug-likeness (QED) is 0.736. The highest BCUT2D eigenvalue weighted by atomic mass is 16.5. The van der Waals surface area contributed by atoms with Crippen molar-refractivity contribution in [2.75, 3.05) is 13.1 Å². The number of benzene rings is 1. The molecule has 146 valence electrons. The Balaban J connectivity index is 1.51. The molecule has 1 amide bonds. The molecular weight excluding hydrogens is 354 g/mol. The molecule has 0 radical (unpaired) electrons. The van der Waals surface area contributed by atoms with E-state index in [9.17, 15) is 4.79 Å². The number of H-pyrrole nitrogens is 1. The third-order valence-corrected chi connectivity index (χ3v) is 5.63. The average Bonchev–Trinajstić information content (AvgIpc) is 3.40. The second-order valence-electron chi connectivity index (χ2n) is 7.51. The number of aromatic nitrogens is 4. The Morgan fingerprint density at radius 2 is 1.93 bits per heavy atom. The van der Waals surface area contributed by atoms with E-state index in [-0.39, 0.29) is 17.7 Å². The van der Waals surface area contributed by atoms with E-state index in [1.165, 1.54) is 5.56 Å². The normalized spacial score (nSPS) is 19.3. The van der Waals surface area contributed by atoms with Crippen molar-refractivity contribution in [3.8, 4) is 0 Å². The highest BCUT2D eigenvalue weighted by Crippen LogP contribution is 2.39. The van der Waals surface area contributed by atoms with Gasteiger partial charge in [-0.05, 0) is 38.3 Å². The third kappa shape index (κ3) is 3.56. The summed E-state index contributed by atoms with van der Waals surface area (Å²) in [6.45, 7) is 7.05. The van der Waals surface area contributed by atoms with Crippen molar-refractivity contribution in [3.63, 3.8) is 0 Å². The molecule has 7 heteroatoms. The number of hydrogen-bond acceptors (Lipinski definition) is 5. The molecule has 1 saturated heterocycles. The fraction of sp³-hybridized carbons (Fsp3) is 0.429. The molecule has 4 rings (SSSR count). The zero-order chi connectivity index (χ0) is 19.7. The van der Waals surface area contributed by atoms with Gasteiger partial charge in [0.25, 0.3) is 0 Å². The monoisotopic (exact) mass is 379 g/mol. The Kier molecular flexibility index (Phi) is 4.98. The minimum absolute atomic E-state index is 0.0185. The molecule has 0 saturated carbocycles. The molecule has 1 N–H and O–H groups in total. The van der Waals surface area contributed by atoms with E-state index in [0.29, 0.717) is 37.6 Å². The lowest BCUT2D eigenvalue weighted by atomic mass is 9.89. The molecule has 0 unspecified atom stereocenters. The largest absolute Gasteiger partial charge is 0.341 e. The number of rotatable bonds is 5. The van der Waals surface area contributed by atoms with Crippen molar-refractivity contribution in [1.82, 2.24) is 25.2 Å². The van der Waals surface area contributed by atoms with Crippen LogP contribution in [0.3, 0.4) is 0 Å². The lowest BCUT2D eigenvalue weighted by molar-refractivity contribution is -0.130. The van der Waals surface area contributed by atoms with Crippen LogP contribution in [0.15, 0.2) is 34.9 Å². The first-order valence-electron chi connectivity index (χ1n) is 9.66. The number of carbonyl (C=O) groups is 1. The van der Waals surface area contributed by atoms with Crippen LogP contribution in [-0.4, -0.2) is 44.2 Å². The van der Waals surface area contributed by atoms with E-state index in [1.54, 1.807) is 0 Å². The molecule has 2 aromatic heterocycles. The van der Waals surface area contributed by atoms with E-state index in [2.05, 4.69) is 32.5 Å². The number of aromatic amines is 1. The van der Waals surface area contributed by atoms with Crippen LogP contribution in [0.25, 0.3) is 0 Å². The number of carbonyl (C=O) groups excluding carboxylic acids is 1. The second kappa shape index (κ2) is 7.58. The highest BCUT2D eigenvalue weighted by molar-refractivity contribution is 5.77. The Morgan fingerprint density at radius 3 is 2.57 bits per heavy atom. The summed E-state index contributed by atoms with van der Waals surface area (Å²) in [6.07, 6.45) is 1.17. The van der Waals surface area contributed by atoms with E-state index in [0.717, 1.165) is 17.0 Å². The van der Waals surface area contributed by atoms with Gasteiger partial charge in [-0.3, -0.25) is 9.89 Å². The maximum absolute atomic E-state index is 13.0. The first kappa shape index (κ1) is 18.4. The summed E-state index contributed by atoms with van der Waals surface area (Å²) in [7, 11) is 0. The molecule has 2 atom stereocenters. The summed E-state index contributed by atoms with van der Waals surface area (Å²) < 4.78 is 5.47. The van der Waals surface area contributed by atoms with Crippen molar-refractivity contribution in [1.29, 1.82) is 0 Å². The Hall–Kier alpha value is -2.96. The van der Waals surface area contributed by atoms with Gasteiger partial charge in [-0.15, -0.1) is 0 Å². The molecule has 0 bridgehead atoms. The summed E-state index contributed by atoms with van der Waals surface area (Å²) >= 11 is 0. The van der Waals surface area contributed by atoms with Crippen molar-refractivity contribution < 1.29 is 9.32 Å². The van der Waals surface area contributed by atoms with E-state index >= 15 is 0 Å². The minimum atomic E-state index is 0.0185. The number of nitrogens with zero attached hydrogens (tertiary/aromatic N) is 4. The smallest absolute Gasteiger partial charge is 0.232 e. The van der Waals surface area contributed by atoms with Crippen LogP contribution < -0.4 is 0 Å². The number of nitrogens with one attached hydrogen (secondary N) is 1. The van der Waals surface area contributed by atoms with Crippen molar-refractivity contribution in [2.45, 2.75) is 45.4 Å². The molecule has 1 aliphatic heterocycles. The lowest BCUT2D eigenvalue weighted by Gasteiger charge is -2.16. The predicted octanol–water partition coefficient (Wildman–Crippen LogP) is 3.06. The predicted molar refractivity (Wildman–Crippen MR) is 104 cm³/mol. The zero-order valence-electron chi connectivity index (χ0n) is 16.5. The van der Waals surface area contributed by atoms with Crippen molar-refractivity contribution in [3.05, 3.63) is 64.6 Å². The van der Waals surface area contributed by atoms with Crippen LogP contribution in [-0.2, 0) is 11.2 Å². The number of hydrogen-bond donors (Lipinski definition) is 1. The van der Waals surface area contributed by atoms with Crippen molar-refractivity contribution >= 4 is 5.91 Å². The van der Waals surface area contributed by atoms with Gasteiger partial charge in [-0.2, -0.15) is 10.1 Å². The van der Waals surface area contributed by atoms with Gasteiger partial charge in [-0.1, -0.05) is 35.5 Å². The van der Waals surface area contributed by atoms with Gasteiger partial charge < -0.3 is 9.42 Å². The Bertz CT molecular complexity index is 943. The van der Waals surface area contributed by atoms with E-state index < -0.39 is 0 Å². The molecule has 0 spiro atoms. The Labute approximate surface area is 164 Å². The fourth-order valence-corrected chi connectivity index (χ4v) is 4.09. The van der Waals surface area contributed by atoms with Gasteiger partial charge in [0.05, 0.1) is 11.6 Å². The summed E-state index contributed by atoms with van der Waals surface area (Å²) in [5.74, 6) is 1.56. The molecule has 3 heterocycles. The molecule has 3 aromatic rings. The third-order valence-electron chi connectivity index (χ3n) is 5.63. The number of likely N-dealkylation sites (tertiary alicyclic amines) is 1. The topological polar surface area (TPSA) is 87.9 Å². The minimum Gasteiger partial charge on any atom is -0.341 e. The maximum atomic E-state index is 13.0. The van der Waals surface area contributed by atoms with Crippen LogP contribution in [0.2, 0.25) is 0 Å². The van der Waals surface area contributed by atoms with Crippen LogP contribution >= 0.6 is 0 Å². The standard InChI is InChI=1S/C21H25N5O2/c1-13-17(14(2)24-23-13)9-10-20(27)26-11-18(16-7-5-4-6-8-16)19(12-26)21-22-15(3)25-28-21/h4-8,18-19H,9-12H2,1-3H3,(H,23,24)/t18-,19+/m0/s1. The van der Waals surface area contributed by atoms with Gasteiger partial charge in [0.1, 0.15) is 0 Å². The van der Waals surface area contributed by atoms with Gasteiger partial charge in [0, 0.05) is 31.1 Å². The first-order valence-corrected chi connectivity index (χ1v) is 9.66. The average molecular weight is 379 g/mol. The molecular formula is C21H25N5O2. The Morgan fingerprint density at radius 1 is 1.18 bits per heavy atom. The van der Waals surface area contributed by atoms with Crippen molar-refractivity contribution in [2.24, 2.45) is 0 Å². The molecule has 1 fully saturated rings. The summed E-state index contributed by atoms with van der Waals surface area (Å²) in [5, 5.41) is 11.2. The van der Waals surface area contributed by atoms with Gasteiger partial charge in [0.2, 0.25) is 11.8 Å². The SMILES string of the molecule is Cc1noc([C@@H]2CN(C(=O)CCc3c(C)n[nH]c3C)C[C@H]2c2ccccc2)n1. The summed E-state index contributed by atoms with van der Waals surface area (Å²) in [5.41, 5.74) is 4.33. The van der Waals surface area contributed by atoms with E-state index in [4.69, 9.17) is 4.52 Å². The molecule has 0 aliphatic carbocycles. The van der Waals surface area contributed by atoms with Crippen LogP contribution in [0, 0.1) is 20.8 Å². The second-order valence-corrected chi connectivity index (χ2v) is 7.51. The first-order chi connectivity index (χ1) is 13.5. The summed E-state index contributed by atoms with van der Waals surface area (Å²) in [6, 6.07) is 10.3. The number of amides is 1. The zero-order valence-corrected chi connectivity index (χ0v) is 16.5. The fourth-order valence-electron chi connectivity index (χ4n) is 4.09. The van der Waals surface area contributed by atoms with Crippen LogP contribution in [0.4, 0.5) is 0 Å². The highest BCUT2D eigenvalue weighted by Gasteiger charge is 2.40. The van der Waals surface area contributed by atoms with Crippen LogP contribution in [0.5, 0.6) is 0 Å². The maximum Gasteiger partial charge on any atom is 0.232 e. The van der Waals surface area contributed by atoms with Gasteiger partial charge >= 0.3 is 0 Å². The van der Waals surface area contributed by atoms with E-state index in [1.807, 2.05) is 43.9 Å². The molecule has 7 nitrogen and oxygen atoms in total. The molecule has 28 heavy (non-hydrogen) atoms. The van der Waals surface area contributed by atoms with Gasteiger partial charge in [0.15, 0.2) is 5.82 Å². The molecule has 1 aromatic carbocycles. The number of aryl methyl sites for hydroxylation is 3. The van der Waals surface area contributed by atoms with Crippen LogP contribution in [0.1, 0.15) is 52.5 Å². The lowest BCUT2D eigenvalue weighted by Crippen LogP contribution is -2.29. The van der Waals surface area contributed by atoms with Gasteiger partial charge in [-0.25, -0.2) is 0 Å².